The van der Waals surface area contributed by atoms with Crippen molar-refractivity contribution in [1.29, 1.82) is 0 Å². The van der Waals surface area contributed by atoms with Gasteiger partial charge in [0.2, 0.25) is 15.9 Å². The van der Waals surface area contributed by atoms with Crippen LogP contribution in [-0.2, 0) is 23.1 Å². The van der Waals surface area contributed by atoms with Gasteiger partial charge in [0.25, 0.3) is 4.84 Å². The largest absolute Gasteiger partial charge is 0.414 e. The van der Waals surface area contributed by atoms with Crippen LogP contribution in [0.15, 0.2) is 27.5 Å². The fraction of sp³-hybridized carbons (Fsp3) is 0.529. The Morgan fingerprint density at radius 1 is 1.35 bits per heavy atom. The minimum absolute atomic E-state index is 0.172. The topological polar surface area (TPSA) is 71.6 Å². The number of nitrogens with zero attached hydrogens (tertiary/aromatic N) is 4. The van der Waals surface area contributed by atoms with Gasteiger partial charge in [-0.2, -0.15) is 0 Å². The quantitative estimate of drug-likeness (QED) is 0.724. The van der Waals surface area contributed by atoms with Crippen molar-refractivity contribution in [2.45, 2.75) is 44.2 Å². The average molecular weight is 397 g/mol. The summed E-state index contributed by atoms with van der Waals surface area (Å²) in [5.74, 6) is 0.796. The summed E-state index contributed by atoms with van der Waals surface area (Å²) in [4.78, 5) is 2.84. The van der Waals surface area contributed by atoms with Crippen molar-refractivity contribution >= 4 is 27.9 Å². The molecule has 0 spiro atoms. The number of hydrogen-bond donors (Lipinski definition) is 0. The molecule has 3 rings (SSSR count). The molecule has 26 heavy (non-hydrogen) atoms. The Morgan fingerprint density at radius 3 is 2.69 bits per heavy atom. The van der Waals surface area contributed by atoms with Gasteiger partial charge in [-0.15, -0.1) is 5.10 Å². The van der Waals surface area contributed by atoms with E-state index in [9.17, 15) is 8.42 Å². The summed E-state index contributed by atoms with van der Waals surface area (Å²) in [6, 6.07) is 5.31. The highest BCUT2D eigenvalue weighted by atomic mass is 32.2. The molecule has 1 aliphatic rings. The average Bonchev–Trinajstić information content (AvgIpc) is 2.95. The zero-order valence-corrected chi connectivity index (χ0v) is 17.1. The smallest absolute Gasteiger partial charge is 0.288 e. The molecule has 0 saturated carbocycles. The van der Waals surface area contributed by atoms with E-state index in [1.807, 2.05) is 19.9 Å². The number of hydrogen-bond acceptors (Lipinski definition) is 6. The third-order valence-corrected chi connectivity index (χ3v) is 6.57. The third-order valence-electron chi connectivity index (χ3n) is 4.46. The van der Waals surface area contributed by atoms with E-state index in [0.717, 1.165) is 30.6 Å². The molecule has 9 heteroatoms. The first-order chi connectivity index (χ1) is 12.2. The van der Waals surface area contributed by atoms with Crippen molar-refractivity contribution in [2.75, 3.05) is 25.5 Å². The summed E-state index contributed by atoms with van der Waals surface area (Å²) in [5.41, 5.74) is 2.04. The van der Waals surface area contributed by atoms with Crippen LogP contribution in [0.4, 0.5) is 5.69 Å². The molecular formula is C17H24N4O3S2. The van der Waals surface area contributed by atoms with Gasteiger partial charge >= 0.3 is 0 Å². The molecule has 0 saturated heterocycles. The molecule has 0 amide bonds. The van der Waals surface area contributed by atoms with Gasteiger partial charge in [0.05, 0.1) is 4.90 Å². The summed E-state index contributed by atoms with van der Waals surface area (Å²) >= 11 is 5.28. The predicted octanol–water partition coefficient (Wildman–Crippen LogP) is 2.99. The lowest BCUT2D eigenvalue weighted by molar-refractivity contribution is 0.450. The van der Waals surface area contributed by atoms with Crippen molar-refractivity contribution in [3.05, 3.63) is 34.5 Å². The lowest BCUT2D eigenvalue weighted by Crippen LogP contribution is -2.32. The van der Waals surface area contributed by atoms with Gasteiger partial charge < -0.3 is 9.32 Å². The summed E-state index contributed by atoms with van der Waals surface area (Å²) in [6.07, 6.45) is 1.80. The van der Waals surface area contributed by atoms with E-state index in [-0.39, 0.29) is 5.92 Å². The molecule has 2 aromatic rings. The highest BCUT2D eigenvalue weighted by Gasteiger charge is 2.23. The van der Waals surface area contributed by atoms with Crippen LogP contribution in [0.1, 0.15) is 37.6 Å². The second-order valence-corrected chi connectivity index (χ2v) is 9.45. The molecule has 0 unspecified atom stereocenters. The van der Waals surface area contributed by atoms with Crippen LogP contribution in [0.3, 0.4) is 0 Å². The number of benzene rings is 1. The minimum atomic E-state index is -3.43. The normalized spacial score (nSPS) is 14.9. The summed E-state index contributed by atoms with van der Waals surface area (Å²) in [5, 5.41) is 4.46. The molecule has 0 atom stereocenters. The number of aryl methyl sites for hydroxylation is 1. The first-order valence-electron chi connectivity index (χ1n) is 8.58. The predicted molar refractivity (Wildman–Crippen MR) is 102 cm³/mol. The molecule has 1 aromatic carbocycles. The fourth-order valence-corrected chi connectivity index (χ4v) is 4.11. The Kier molecular flexibility index (Phi) is 5.23. The first-order valence-corrected chi connectivity index (χ1v) is 10.4. The SMILES string of the molecule is CC(C)c1nn(CN2CCCc3cc(S(=O)(=O)N(C)C)ccc32)c(=S)o1. The summed E-state index contributed by atoms with van der Waals surface area (Å²) in [6.45, 7) is 5.36. The van der Waals surface area contributed by atoms with E-state index in [2.05, 4.69) is 10.00 Å². The van der Waals surface area contributed by atoms with E-state index < -0.39 is 10.0 Å². The van der Waals surface area contributed by atoms with Crippen molar-refractivity contribution in [1.82, 2.24) is 14.1 Å². The molecule has 1 aromatic heterocycles. The van der Waals surface area contributed by atoms with Gasteiger partial charge in [0, 0.05) is 32.2 Å². The van der Waals surface area contributed by atoms with Gasteiger partial charge in [0.1, 0.15) is 6.67 Å². The van der Waals surface area contributed by atoms with Gasteiger partial charge in [-0.1, -0.05) is 13.8 Å². The van der Waals surface area contributed by atoms with E-state index in [1.165, 1.54) is 4.31 Å². The van der Waals surface area contributed by atoms with Crippen LogP contribution >= 0.6 is 12.2 Å². The van der Waals surface area contributed by atoms with E-state index in [0.29, 0.717) is 22.3 Å². The zero-order valence-electron chi connectivity index (χ0n) is 15.5. The number of rotatable bonds is 5. The lowest BCUT2D eigenvalue weighted by atomic mass is 10.0. The number of fused-ring (bicyclic) bond motifs is 1. The summed E-state index contributed by atoms with van der Waals surface area (Å²) in [7, 11) is -0.351. The highest BCUT2D eigenvalue weighted by Crippen LogP contribution is 2.30. The van der Waals surface area contributed by atoms with Crippen molar-refractivity contribution in [3.8, 4) is 0 Å². The Hall–Kier alpha value is -1.71. The standard InChI is InChI=1S/C17H24N4O3S2/c1-12(2)16-18-21(17(25)24-16)11-20-9-5-6-13-10-14(7-8-15(13)20)26(22,23)19(3)4/h7-8,10,12H,5-6,9,11H2,1-4H3. The molecule has 2 heterocycles. The molecule has 7 nitrogen and oxygen atoms in total. The van der Waals surface area contributed by atoms with E-state index >= 15 is 0 Å². The molecule has 1 aliphatic heterocycles. The highest BCUT2D eigenvalue weighted by molar-refractivity contribution is 7.89. The van der Waals surface area contributed by atoms with Crippen LogP contribution in [-0.4, -0.2) is 43.1 Å². The molecule has 0 radical (unpaired) electrons. The maximum atomic E-state index is 12.4. The Morgan fingerprint density at radius 2 is 2.08 bits per heavy atom. The van der Waals surface area contributed by atoms with Crippen molar-refractivity contribution in [3.63, 3.8) is 0 Å². The summed E-state index contributed by atoms with van der Waals surface area (Å²) < 4.78 is 33.2. The molecular weight excluding hydrogens is 372 g/mol. The maximum absolute atomic E-state index is 12.4. The van der Waals surface area contributed by atoms with Gasteiger partial charge in [0.15, 0.2) is 0 Å². The first kappa shape index (κ1) is 19.1. The third kappa shape index (κ3) is 3.56. The van der Waals surface area contributed by atoms with Crippen LogP contribution < -0.4 is 4.90 Å². The molecule has 0 N–H and O–H groups in total. The van der Waals surface area contributed by atoms with Gasteiger partial charge in [-0.3, -0.25) is 0 Å². The number of aromatic nitrogens is 2. The van der Waals surface area contributed by atoms with Crippen LogP contribution in [0.5, 0.6) is 0 Å². The van der Waals surface area contributed by atoms with Crippen LogP contribution in [0.2, 0.25) is 0 Å². The van der Waals surface area contributed by atoms with Crippen LogP contribution in [0, 0.1) is 4.84 Å². The molecule has 142 valence electrons. The Bertz CT molecular complexity index is 961. The van der Waals surface area contributed by atoms with Gasteiger partial charge in [-0.25, -0.2) is 17.4 Å². The fourth-order valence-electron chi connectivity index (χ4n) is 2.98. The number of anilines is 1. The maximum Gasteiger partial charge on any atom is 0.288 e. The molecule has 0 fully saturated rings. The van der Waals surface area contributed by atoms with Crippen molar-refractivity contribution in [2.24, 2.45) is 0 Å². The van der Waals surface area contributed by atoms with E-state index in [4.69, 9.17) is 16.6 Å². The van der Waals surface area contributed by atoms with Gasteiger partial charge in [-0.05, 0) is 48.8 Å². The van der Waals surface area contributed by atoms with Crippen molar-refractivity contribution < 1.29 is 12.8 Å². The molecule has 0 bridgehead atoms. The second kappa shape index (κ2) is 7.13. The van der Waals surface area contributed by atoms with Crippen LogP contribution in [0.25, 0.3) is 0 Å². The monoisotopic (exact) mass is 396 g/mol. The Balaban J connectivity index is 1.91. The number of sulfonamides is 1. The Labute approximate surface area is 159 Å². The lowest BCUT2D eigenvalue weighted by Gasteiger charge is -2.31. The zero-order chi connectivity index (χ0) is 19.1. The van der Waals surface area contributed by atoms with E-state index in [1.54, 1.807) is 30.9 Å². The minimum Gasteiger partial charge on any atom is -0.414 e. The molecule has 0 aliphatic carbocycles. The second-order valence-electron chi connectivity index (χ2n) is 6.95.